The summed E-state index contributed by atoms with van der Waals surface area (Å²) in [5, 5.41) is 3.35. The summed E-state index contributed by atoms with van der Waals surface area (Å²) in [4.78, 5) is 2.44. The molecule has 0 spiro atoms. The predicted octanol–water partition coefficient (Wildman–Crippen LogP) is 2.11. The van der Waals surface area contributed by atoms with E-state index in [1.165, 1.54) is 12.0 Å². The molecule has 13 heavy (non-hydrogen) atoms. The molecule has 1 unspecified atom stereocenters. The van der Waals surface area contributed by atoms with Gasteiger partial charge >= 0.3 is 0 Å². The van der Waals surface area contributed by atoms with Crippen LogP contribution in [0.2, 0.25) is 0 Å². The van der Waals surface area contributed by atoms with Gasteiger partial charge in [0.2, 0.25) is 0 Å². The minimum Gasteiger partial charge on any atom is -0.372 e. The van der Waals surface area contributed by atoms with E-state index in [4.69, 9.17) is 0 Å². The lowest BCUT2D eigenvalue weighted by Crippen LogP contribution is -2.43. The fourth-order valence-electron chi connectivity index (χ4n) is 1.62. The van der Waals surface area contributed by atoms with Crippen LogP contribution in [0.4, 0.5) is 0 Å². The first-order valence-corrected chi connectivity index (χ1v) is 5.13. The third kappa shape index (κ3) is 2.88. The van der Waals surface area contributed by atoms with Gasteiger partial charge in [-0.1, -0.05) is 19.4 Å². The molecule has 0 aromatic heterocycles. The molecule has 1 rings (SSSR count). The molecule has 1 heterocycles. The maximum atomic E-state index is 3.35. The summed E-state index contributed by atoms with van der Waals surface area (Å²) < 4.78 is 0. The van der Waals surface area contributed by atoms with Gasteiger partial charge in [0.25, 0.3) is 0 Å². The van der Waals surface area contributed by atoms with Crippen molar-refractivity contribution in [2.45, 2.75) is 33.4 Å². The first-order valence-electron chi connectivity index (χ1n) is 5.13. The van der Waals surface area contributed by atoms with Crippen molar-refractivity contribution in [3.8, 4) is 0 Å². The van der Waals surface area contributed by atoms with Gasteiger partial charge in [-0.05, 0) is 38.2 Å². The molecule has 1 N–H and O–H groups in total. The van der Waals surface area contributed by atoms with Crippen LogP contribution in [0.3, 0.4) is 0 Å². The summed E-state index contributed by atoms with van der Waals surface area (Å²) in [7, 11) is 0. The second-order valence-electron chi connectivity index (χ2n) is 3.48. The van der Waals surface area contributed by atoms with E-state index in [9.17, 15) is 0 Å². The van der Waals surface area contributed by atoms with E-state index in [0.717, 1.165) is 13.1 Å². The van der Waals surface area contributed by atoms with Crippen molar-refractivity contribution >= 4 is 0 Å². The number of dihydropyridines is 1. The Bertz CT molecular complexity index is 206. The highest BCUT2D eigenvalue weighted by atomic mass is 15.3. The Morgan fingerprint density at radius 3 is 2.77 bits per heavy atom. The van der Waals surface area contributed by atoms with Gasteiger partial charge in [0.05, 0.1) is 6.17 Å². The topological polar surface area (TPSA) is 15.3 Å². The Hall–Kier alpha value is -0.760. The fourth-order valence-corrected chi connectivity index (χ4v) is 1.62. The van der Waals surface area contributed by atoms with E-state index < -0.39 is 0 Å². The number of nitrogens with one attached hydrogen (secondary N) is 1. The SMILES string of the molecule is CCCN(CC)C1C=C(C)C=CN1. The molecule has 2 nitrogen and oxygen atoms in total. The summed E-state index contributed by atoms with van der Waals surface area (Å²) in [5.74, 6) is 0. The van der Waals surface area contributed by atoms with Crippen molar-refractivity contribution < 1.29 is 0 Å². The van der Waals surface area contributed by atoms with Gasteiger partial charge in [-0.25, -0.2) is 0 Å². The van der Waals surface area contributed by atoms with E-state index in [1.54, 1.807) is 0 Å². The lowest BCUT2D eigenvalue weighted by Gasteiger charge is -2.30. The monoisotopic (exact) mass is 180 g/mol. The molecule has 0 saturated carbocycles. The lowest BCUT2D eigenvalue weighted by atomic mass is 10.2. The van der Waals surface area contributed by atoms with Gasteiger partial charge in [0.1, 0.15) is 0 Å². The molecule has 0 fully saturated rings. The summed E-state index contributed by atoms with van der Waals surface area (Å²) in [5.41, 5.74) is 1.35. The van der Waals surface area contributed by atoms with E-state index in [1.807, 2.05) is 6.20 Å². The van der Waals surface area contributed by atoms with Gasteiger partial charge in [-0.3, -0.25) is 4.90 Å². The van der Waals surface area contributed by atoms with Crippen molar-refractivity contribution in [2.75, 3.05) is 13.1 Å². The second kappa shape index (κ2) is 5.07. The minimum atomic E-state index is 0.398. The largest absolute Gasteiger partial charge is 0.372 e. The van der Waals surface area contributed by atoms with Crippen molar-refractivity contribution in [3.63, 3.8) is 0 Å². The zero-order chi connectivity index (χ0) is 9.68. The number of nitrogens with zero attached hydrogens (tertiary/aromatic N) is 1. The van der Waals surface area contributed by atoms with E-state index in [0.29, 0.717) is 6.17 Å². The van der Waals surface area contributed by atoms with Crippen molar-refractivity contribution in [3.05, 3.63) is 23.9 Å². The van der Waals surface area contributed by atoms with Crippen molar-refractivity contribution in [1.82, 2.24) is 10.2 Å². The van der Waals surface area contributed by atoms with E-state index >= 15 is 0 Å². The lowest BCUT2D eigenvalue weighted by molar-refractivity contribution is 0.222. The van der Waals surface area contributed by atoms with Gasteiger partial charge in [-0.15, -0.1) is 0 Å². The van der Waals surface area contributed by atoms with Gasteiger partial charge in [-0.2, -0.15) is 0 Å². The van der Waals surface area contributed by atoms with Gasteiger partial charge in [0.15, 0.2) is 0 Å². The van der Waals surface area contributed by atoms with E-state index in [-0.39, 0.29) is 0 Å². The second-order valence-corrected chi connectivity index (χ2v) is 3.48. The third-order valence-electron chi connectivity index (χ3n) is 2.34. The zero-order valence-corrected chi connectivity index (χ0v) is 8.88. The quantitative estimate of drug-likeness (QED) is 0.713. The van der Waals surface area contributed by atoms with Crippen LogP contribution in [-0.4, -0.2) is 24.2 Å². The number of hydrogen-bond donors (Lipinski definition) is 1. The van der Waals surface area contributed by atoms with Crippen LogP contribution < -0.4 is 5.32 Å². The first-order chi connectivity index (χ1) is 6.27. The first kappa shape index (κ1) is 10.3. The molecule has 74 valence electrons. The molecular formula is C11H20N2. The Kier molecular flexibility index (Phi) is 4.03. The molecule has 0 bridgehead atoms. The molecule has 1 atom stereocenters. The Morgan fingerprint density at radius 1 is 1.46 bits per heavy atom. The standard InChI is InChI=1S/C11H20N2/c1-4-8-13(5-2)11-9-10(3)6-7-12-11/h6-7,9,11-12H,4-5,8H2,1-3H3. The molecule has 0 saturated heterocycles. The smallest absolute Gasteiger partial charge is 0.0987 e. The molecule has 1 aliphatic rings. The third-order valence-corrected chi connectivity index (χ3v) is 2.34. The van der Waals surface area contributed by atoms with E-state index in [2.05, 4.69) is 43.1 Å². The van der Waals surface area contributed by atoms with Crippen LogP contribution in [0.15, 0.2) is 23.9 Å². The molecular weight excluding hydrogens is 160 g/mol. The molecule has 0 amide bonds. The van der Waals surface area contributed by atoms with Crippen LogP contribution in [-0.2, 0) is 0 Å². The Balaban J connectivity index is 2.54. The molecule has 0 aromatic carbocycles. The molecule has 0 radical (unpaired) electrons. The highest BCUT2D eigenvalue weighted by molar-refractivity contribution is 5.22. The molecule has 2 heteroatoms. The maximum Gasteiger partial charge on any atom is 0.0987 e. The summed E-state index contributed by atoms with van der Waals surface area (Å²) in [6.07, 6.45) is 8.03. The molecule has 1 aliphatic heterocycles. The van der Waals surface area contributed by atoms with Crippen LogP contribution >= 0.6 is 0 Å². The highest BCUT2D eigenvalue weighted by Crippen LogP contribution is 2.08. The van der Waals surface area contributed by atoms with Crippen LogP contribution in [0.5, 0.6) is 0 Å². The minimum absolute atomic E-state index is 0.398. The van der Waals surface area contributed by atoms with Gasteiger partial charge in [0, 0.05) is 6.54 Å². The average Bonchev–Trinajstić information content (AvgIpc) is 2.14. The van der Waals surface area contributed by atoms with Crippen molar-refractivity contribution in [1.29, 1.82) is 0 Å². The van der Waals surface area contributed by atoms with Crippen LogP contribution in [0.1, 0.15) is 27.2 Å². The maximum absolute atomic E-state index is 3.35. The Morgan fingerprint density at radius 2 is 2.23 bits per heavy atom. The zero-order valence-electron chi connectivity index (χ0n) is 8.88. The van der Waals surface area contributed by atoms with Crippen molar-refractivity contribution in [2.24, 2.45) is 0 Å². The Labute approximate surface area is 81.3 Å². The molecule has 0 aromatic rings. The summed E-state index contributed by atoms with van der Waals surface area (Å²) in [6, 6.07) is 0. The summed E-state index contributed by atoms with van der Waals surface area (Å²) in [6.45, 7) is 8.83. The molecule has 0 aliphatic carbocycles. The van der Waals surface area contributed by atoms with Crippen LogP contribution in [0, 0.1) is 0 Å². The normalized spacial score (nSPS) is 21.5. The van der Waals surface area contributed by atoms with Gasteiger partial charge < -0.3 is 5.32 Å². The highest BCUT2D eigenvalue weighted by Gasteiger charge is 2.13. The van der Waals surface area contributed by atoms with Crippen LogP contribution in [0.25, 0.3) is 0 Å². The number of hydrogen-bond acceptors (Lipinski definition) is 2. The summed E-state index contributed by atoms with van der Waals surface area (Å²) >= 11 is 0. The predicted molar refractivity (Wildman–Crippen MR) is 57.4 cm³/mol. The number of rotatable bonds is 4. The number of likely N-dealkylation sites (N-methyl/N-ethyl adjacent to an activating group) is 1. The fraction of sp³-hybridized carbons (Fsp3) is 0.636. The number of allylic oxidation sites excluding steroid dienone is 2. The average molecular weight is 180 g/mol.